The van der Waals surface area contributed by atoms with Gasteiger partial charge in [-0.15, -0.1) is 0 Å². The minimum atomic E-state index is -0.799. The zero-order valence-electron chi connectivity index (χ0n) is 18.3. The highest BCUT2D eigenvalue weighted by Crippen LogP contribution is 2.52. The fourth-order valence-electron chi connectivity index (χ4n) is 6.14. The second-order valence-electron chi connectivity index (χ2n) is 9.69. The van der Waals surface area contributed by atoms with Gasteiger partial charge in [-0.3, -0.25) is 0 Å². The van der Waals surface area contributed by atoms with Gasteiger partial charge in [0.15, 0.2) is 0 Å². The molecule has 3 aromatic rings. The molecular formula is C26H33N3O. The van der Waals surface area contributed by atoms with Gasteiger partial charge in [0, 0.05) is 35.6 Å². The summed E-state index contributed by atoms with van der Waals surface area (Å²) < 4.78 is 0. The fourth-order valence-corrected chi connectivity index (χ4v) is 6.14. The second kappa shape index (κ2) is 7.23. The number of aromatic nitrogens is 1. The van der Waals surface area contributed by atoms with Gasteiger partial charge in [0.1, 0.15) is 0 Å². The summed E-state index contributed by atoms with van der Waals surface area (Å²) in [5.74, 6) is 0.146. The molecule has 3 atom stereocenters. The van der Waals surface area contributed by atoms with Crippen molar-refractivity contribution in [1.29, 1.82) is 0 Å². The minimum absolute atomic E-state index is 0.0950. The molecule has 1 fully saturated rings. The molecule has 158 valence electrons. The van der Waals surface area contributed by atoms with Crippen LogP contribution < -0.4 is 5.32 Å². The van der Waals surface area contributed by atoms with E-state index in [0.717, 1.165) is 44.3 Å². The van der Waals surface area contributed by atoms with E-state index in [1.807, 2.05) is 0 Å². The van der Waals surface area contributed by atoms with Gasteiger partial charge >= 0.3 is 0 Å². The average Bonchev–Trinajstić information content (AvgIpc) is 3.11. The van der Waals surface area contributed by atoms with Crippen molar-refractivity contribution < 1.29 is 5.11 Å². The van der Waals surface area contributed by atoms with Crippen LogP contribution in [0.1, 0.15) is 41.6 Å². The molecule has 4 nitrogen and oxygen atoms in total. The molecule has 2 aromatic carbocycles. The highest BCUT2D eigenvalue weighted by molar-refractivity contribution is 5.85. The summed E-state index contributed by atoms with van der Waals surface area (Å²) in [6.07, 6.45) is 3.68. The van der Waals surface area contributed by atoms with Gasteiger partial charge in [-0.2, -0.15) is 0 Å². The first-order chi connectivity index (χ1) is 14.4. The van der Waals surface area contributed by atoms with Crippen molar-refractivity contribution in [1.82, 2.24) is 15.2 Å². The molecule has 0 saturated heterocycles. The number of para-hydroxylation sites is 1. The Kier molecular flexibility index (Phi) is 4.77. The Bertz CT molecular complexity index is 1070. The summed E-state index contributed by atoms with van der Waals surface area (Å²) in [7, 11) is 4.23. The van der Waals surface area contributed by atoms with E-state index in [9.17, 15) is 5.11 Å². The van der Waals surface area contributed by atoms with Gasteiger partial charge in [0.2, 0.25) is 0 Å². The van der Waals surface area contributed by atoms with Crippen molar-refractivity contribution in [2.24, 2.45) is 5.92 Å². The average molecular weight is 404 g/mol. The molecule has 3 N–H and O–H groups in total. The lowest BCUT2D eigenvalue weighted by Crippen LogP contribution is -2.57. The zero-order valence-corrected chi connectivity index (χ0v) is 18.3. The van der Waals surface area contributed by atoms with E-state index >= 15 is 0 Å². The van der Waals surface area contributed by atoms with Crippen LogP contribution in [0.3, 0.4) is 0 Å². The molecule has 0 amide bonds. The largest absolute Gasteiger partial charge is 0.385 e. The van der Waals surface area contributed by atoms with Crippen LogP contribution in [-0.4, -0.2) is 42.2 Å². The Morgan fingerprint density at radius 3 is 2.63 bits per heavy atom. The molecule has 2 aliphatic rings. The molecular weight excluding hydrogens is 370 g/mol. The van der Waals surface area contributed by atoms with E-state index in [4.69, 9.17) is 0 Å². The first-order valence-electron chi connectivity index (χ1n) is 11.2. The Labute approximate surface area is 179 Å². The summed E-state index contributed by atoms with van der Waals surface area (Å²) in [5.41, 5.74) is 5.44. The van der Waals surface area contributed by atoms with E-state index in [0.29, 0.717) is 0 Å². The lowest BCUT2D eigenvalue weighted by atomic mass is 9.62. The Morgan fingerprint density at radius 2 is 1.83 bits per heavy atom. The van der Waals surface area contributed by atoms with Crippen LogP contribution in [0.25, 0.3) is 10.9 Å². The van der Waals surface area contributed by atoms with E-state index in [2.05, 4.69) is 84.8 Å². The molecule has 3 unspecified atom stereocenters. The summed E-state index contributed by atoms with van der Waals surface area (Å²) in [4.78, 5) is 6.00. The molecule has 30 heavy (non-hydrogen) atoms. The predicted octanol–water partition coefficient (Wildman–Crippen LogP) is 4.07. The number of aromatic amines is 1. The number of benzene rings is 2. The summed E-state index contributed by atoms with van der Waals surface area (Å²) in [6, 6.07) is 17.0. The second-order valence-corrected chi connectivity index (χ2v) is 9.69. The topological polar surface area (TPSA) is 51.3 Å². The summed E-state index contributed by atoms with van der Waals surface area (Å²) >= 11 is 0. The third kappa shape index (κ3) is 3.01. The highest BCUT2D eigenvalue weighted by atomic mass is 16.3. The molecule has 1 spiro atoms. The maximum atomic E-state index is 12.1. The van der Waals surface area contributed by atoms with Gasteiger partial charge < -0.3 is 20.3 Å². The number of rotatable bonds is 3. The monoisotopic (exact) mass is 403 g/mol. The molecule has 4 heteroatoms. The smallest absolute Gasteiger partial charge is 0.0940 e. The first kappa shape index (κ1) is 19.8. The zero-order chi connectivity index (χ0) is 20.9. The van der Waals surface area contributed by atoms with Gasteiger partial charge in [-0.25, -0.2) is 0 Å². The van der Waals surface area contributed by atoms with Crippen molar-refractivity contribution >= 4 is 10.9 Å². The Hall–Kier alpha value is -2.14. The molecule has 1 saturated carbocycles. The predicted molar refractivity (Wildman–Crippen MR) is 123 cm³/mol. The number of nitrogens with one attached hydrogen (secondary N) is 2. The van der Waals surface area contributed by atoms with E-state index < -0.39 is 5.60 Å². The Balaban J connectivity index is 1.59. The van der Waals surface area contributed by atoms with E-state index in [1.54, 1.807) is 0 Å². The van der Waals surface area contributed by atoms with Crippen molar-refractivity contribution in [3.63, 3.8) is 0 Å². The highest BCUT2D eigenvalue weighted by Gasteiger charge is 2.52. The summed E-state index contributed by atoms with van der Waals surface area (Å²) in [6.45, 7) is 3.98. The number of aliphatic hydroxyl groups is 1. The molecule has 2 heterocycles. The van der Waals surface area contributed by atoms with Crippen LogP contribution in [-0.2, 0) is 17.6 Å². The number of hydrogen-bond donors (Lipinski definition) is 3. The van der Waals surface area contributed by atoms with Gasteiger partial charge in [-0.1, -0.05) is 42.5 Å². The lowest BCUT2D eigenvalue weighted by molar-refractivity contribution is -0.0891. The number of hydrogen-bond acceptors (Lipinski definition) is 3. The quantitative estimate of drug-likeness (QED) is 0.618. The molecule has 1 aromatic heterocycles. The SMILES string of the molecule is Cc1ccccc1C1(O)CCC2(CC1CN(C)C)NCCc1c2[nH]c2ccccc12. The number of fused-ring (bicyclic) bond motifs is 4. The van der Waals surface area contributed by atoms with Crippen molar-refractivity contribution in [2.75, 3.05) is 27.2 Å². The Morgan fingerprint density at radius 1 is 1.07 bits per heavy atom. The maximum absolute atomic E-state index is 12.1. The van der Waals surface area contributed by atoms with Crippen LogP contribution in [0.4, 0.5) is 0 Å². The minimum Gasteiger partial charge on any atom is -0.385 e. The maximum Gasteiger partial charge on any atom is 0.0940 e. The van der Waals surface area contributed by atoms with Gasteiger partial charge in [0.25, 0.3) is 0 Å². The number of H-pyrrole nitrogens is 1. The molecule has 1 aliphatic carbocycles. The van der Waals surface area contributed by atoms with Crippen LogP contribution >= 0.6 is 0 Å². The van der Waals surface area contributed by atoms with Crippen LogP contribution in [0.5, 0.6) is 0 Å². The molecule has 0 radical (unpaired) electrons. The molecule has 1 aliphatic heterocycles. The lowest BCUT2D eigenvalue weighted by Gasteiger charge is -2.52. The van der Waals surface area contributed by atoms with Crippen molar-refractivity contribution in [3.05, 3.63) is 70.9 Å². The van der Waals surface area contributed by atoms with E-state index in [-0.39, 0.29) is 11.5 Å². The molecule has 5 rings (SSSR count). The number of aryl methyl sites for hydroxylation is 1. The van der Waals surface area contributed by atoms with Crippen molar-refractivity contribution in [2.45, 2.75) is 43.7 Å². The summed E-state index contributed by atoms with van der Waals surface area (Å²) in [5, 5.41) is 17.3. The van der Waals surface area contributed by atoms with Crippen LogP contribution in [0.15, 0.2) is 48.5 Å². The van der Waals surface area contributed by atoms with Gasteiger partial charge in [0.05, 0.1) is 11.1 Å². The third-order valence-corrected chi connectivity index (χ3v) is 7.53. The standard InChI is InChI=1S/C26H33N3O/c1-18-8-4-6-10-22(18)26(30)14-13-25(16-19(26)17-29(2)3)24-21(12-15-27-25)20-9-5-7-11-23(20)28-24/h4-11,19,27-28,30H,12-17H2,1-3H3. The van der Waals surface area contributed by atoms with Gasteiger partial charge in [-0.05, 0) is 69.5 Å². The van der Waals surface area contributed by atoms with Crippen LogP contribution in [0.2, 0.25) is 0 Å². The van der Waals surface area contributed by atoms with Crippen molar-refractivity contribution in [3.8, 4) is 0 Å². The number of nitrogens with zero attached hydrogens (tertiary/aromatic N) is 1. The molecule has 0 bridgehead atoms. The third-order valence-electron chi connectivity index (χ3n) is 7.53. The normalized spacial score (nSPS) is 28.9. The first-order valence-corrected chi connectivity index (χ1v) is 11.2. The fraction of sp³-hybridized carbons (Fsp3) is 0.462. The van der Waals surface area contributed by atoms with E-state index in [1.165, 1.54) is 27.7 Å². The van der Waals surface area contributed by atoms with Crippen LogP contribution in [0, 0.1) is 12.8 Å².